The van der Waals surface area contributed by atoms with Crippen molar-refractivity contribution in [1.82, 2.24) is 29.3 Å². The van der Waals surface area contributed by atoms with Crippen LogP contribution in [0, 0.1) is 11.3 Å². The van der Waals surface area contributed by atoms with Crippen LogP contribution in [-0.4, -0.2) is 54.6 Å². The van der Waals surface area contributed by atoms with E-state index in [1.807, 2.05) is 58.0 Å². The SMILES string of the molecule is CC(C)NC(C)(C)C=C(C#N)C(=O)N1CCCC(n2c(=O)n(-c3ccc(Oc4ccccc4)cc3)c3c(N)ncnc32)C1. The van der Waals surface area contributed by atoms with E-state index >= 15 is 0 Å². The number of piperidine rings is 1. The molecule has 0 aliphatic carbocycles. The highest BCUT2D eigenvalue weighted by atomic mass is 16.5. The number of hydrogen-bond donors (Lipinski definition) is 2. The highest BCUT2D eigenvalue weighted by molar-refractivity contribution is 5.97. The smallest absolute Gasteiger partial charge is 0.335 e. The molecular formula is C32H36N8O3. The van der Waals surface area contributed by atoms with E-state index in [-0.39, 0.29) is 41.6 Å². The Bertz CT molecular complexity index is 1750. The fourth-order valence-electron chi connectivity index (χ4n) is 5.73. The van der Waals surface area contributed by atoms with Crippen molar-refractivity contribution < 1.29 is 9.53 Å². The van der Waals surface area contributed by atoms with Crippen LogP contribution in [0.4, 0.5) is 5.82 Å². The molecule has 1 fully saturated rings. The molecule has 2 aromatic heterocycles. The van der Waals surface area contributed by atoms with Crippen LogP contribution < -0.4 is 21.5 Å². The molecule has 1 aliphatic heterocycles. The standard InChI is InChI=1S/C32H36N8O3/c1-21(2)37-32(3,4)17-22(18-33)30(41)38-16-8-9-24(19-38)40-29-27(28(34)35-20-36-29)39(31(40)42)23-12-14-26(15-13-23)43-25-10-6-5-7-11-25/h5-7,10-15,17,20-21,24,37H,8-9,16,19H2,1-4H3,(H2,34,35,36). The molecular weight excluding hydrogens is 544 g/mol. The molecule has 1 atom stereocenters. The van der Waals surface area contributed by atoms with Crippen molar-refractivity contribution in [2.45, 2.75) is 58.2 Å². The Morgan fingerprint density at radius 3 is 2.51 bits per heavy atom. The molecule has 2 aromatic carbocycles. The number of nitrogens with zero attached hydrogens (tertiary/aromatic N) is 6. The Hall–Kier alpha value is -4.95. The normalized spacial score (nSPS) is 16.0. The van der Waals surface area contributed by atoms with Gasteiger partial charge < -0.3 is 20.7 Å². The number of anilines is 1. The van der Waals surface area contributed by atoms with Crippen LogP contribution in [0.25, 0.3) is 16.9 Å². The lowest BCUT2D eigenvalue weighted by Crippen LogP contribution is -2.45. The molecule has 11 heteroatoms. The number of carbonyl (C=O) groups is 1. The summed E-state index contributed by atoms with van der Waals surface area (Å²) in [6, 6.07) is 18.4. The molecule has 1 aliphatic rings. The van der Waals surface area contributed by atoms with E-state index in [1.165, 1.54) is 10.9 Å². The molecule has 1 amide bonds. The average molecular weight is 581 g/mol. The summed E-state index contributed by atoms with van der Waals surface area (Å²) in [6.07, 6.45) is 4.33. The predicted molar refractivity (Wildman–Crippen MR) is 165 cm³/mol. The van der Waals surface area contributed by atoms with Gasteiger partial charge in [-0.3, -0.25) is 13.9 Å². The van der Waals surface area contributed by atoms with E-state index in [0.717, 1.165) is 0 Å². The number of para-hydroxylation sites is 1. The van der Waals surface area contributed by atoms with E-state index < -0.39 is 5.54 Å². The molecule has 4 aromatic rings. The number of benzene rings is 2. The van der Waals surface area contributed by atoms with Gasteiger partial charge in [-0.15, -0.1) is 0 Å². The van der Waals surface area contributed by atoms with Crippen LogP contribution >= 0.6 is 0 Å². The van der Waals surface area contributed by atoms with Crippen LogP contribution in [0.1, 0.15) is 46.6 Å². The summed E-state index contributed by atoms with van der Waals surface area (Å²) in [5, 5.41) is 13.2. The molecule has 11 nitrogen and oxygen atoms in total. The van der Waals surface area contributed by atoms with Crippen molar-refractivity contribution in [1.29, 1.82) is 5.26 Å². The number of imidazole rings is 1. The van der Waals surface area contributed by atoms with Gasteiger partial charge in [-0.1, -0.05) is 32.0 Å². The molecule has 3 heterocycles. The van der Waals surface area contributed by atoms with Crippen LogP contribution in [-0.2, 0) is 4.79 Å². The predicted octanol–water partition coefficient (Wildman–Crippen LogP) is 4.35. The van der Waals surface area contributed by atoms with Crippen molar-refractivity contribution in [3.8, 4) is 23.3 Å². The number of nitrogens with two attached hydrogens (primary N) is 1. The minimum absolute atomic E-state index is 0.0676. The van der Waals surface area contributed by atoms with Crippen LogP contribution in [0.5, 0.6) is 11.5 Å². The lowest BCUT2D eigenvalue weighted by atomic mass is 9.98. The first-order chi connectivity index (χ1) is 20.6. The van der Waals surface area contributed by atoms with Crippen LogP contribution in [0.15, 0.2) is 77.4 Å². The van der Waals surface area contributed by atoms with Crippen LogP contribution in [0.2, 0.25) is 0 Å². The topological polar surface area (TPSA) is 144 Å². The van der Waals surface area contributed by atoms with Gasteiger partial charge in [0.15, 0.2) is 11.5 Å². The number of nitriles is 1. The highest BCUT2D eigenvalue weighted by Gasteiger charge is 2.32. The molecule has 0 radical (unpaired) electrons. The minimum atomic E-state index is -0.551. The summed E-state index contributed by atoms with van der Waals surface area (Å²) < 4.78 is 9.01. The van der Waals surface area contributed by atoms with E-state index in [9.17, 15) is 14.9 Å². The molecule has 0 saturated carbocycles. The fourth-order valence-corrected chi connectivity index (χ4v) is 5.73. The van der Waals surface area contributed by atoms with E-state index in [2.05, 4.69) is 21.4 Å². The molecule has 0 bridgehead atoms. The second kappa shape index (κ2) is 12.1. The van der Waals surface area contributed by atoms with Gasteiger partial charge in [-0.25, -0.2) is 14.8 Å². The first-order valence-electron chi connectivity index (χ1n) is 14.3. The third-order valence-corrected chi connectivity index (χ3v) is 7.32. The van der Waals surface area contributed by atoms with Gasteiger partial charge in [0.1, 0.15) is 35.0 Å². The van der Waals surface area contributed by atoms with Gasteiger partial charge >= 0.3 is 5.69 Å². The fraction of sp³-hybridized carbons (Fsp3) is 0.344. The van der Waals surface area contributed by atoms with Crippen molar-refractivity contribution >= 4 is 22.9 Å². The van der Waals surface area contributed by atoms with Gasteiger partial charge in [-0.05, 0) is 69.2 Å². The van der Waals surface area contributed by atoms with Crippen molar-refractivity contribution in [3.63, 3.8) is 0 Å². The summed E-state index contributed by atoms with van der Waals surface area (Å²) in [5.74, 6) is 1.13. The monoisotopic (exact) mass is 580 g/mol. The van der Waals surface area contributed by atoms with Crippen molar-refractivity contribution in [3.05, 3.63) is 83.1 Å². The lowest BCUT2D eigenvalue weighted by Gasteiger charge is -2.33. The first-order valence-corrected chi connectivity index (χ1v) is 14.3. The van der Waals surface area contributed by atoms with Gasteiger partial charge in [0.25, 0.3) is 5.91 Å². The average Bonchev–Trinajstić information content (AvgIpc) is 3.28. The number of ether oxygens (including phenoxy) is 1. The maximum atomic E-state index is 14.1. The summed E-state index contributed by atoms with van der Waals surface area (Å²) >= 11 is 0. The number of rotatable bonds is 8. The highest BCUT2D eigenvalue weighted by Crippen LogP contribution is 2.29. The largest absolute Gasteiger partial charge is 0.457 e. The quantitative estimate of drug-likeness (QED) is 0.231. The Morgan fingerprint density at radius 1 is 1.14 bits per heavy atom. The maximum Gasteiger partial charge on any atom is 0.335 e. The molecule has 1 saturated heterocycles. The first kappa shape index (κ1) is 29.5. The Balaban J connectivity index is 1.47. The van der Waals surface area contributed by atoms with Gasteiger partial charge in [0.2, 0.25) is 0 Å². The second-order valence-electron chi connectivity index (χ2n) is 11.6. The molecule has 43 heavy (non-hydrogen) atoms. The number of nitrogens with one attached hydrogen (secondary N) is 1. The third kappa shape index (κ3) is 6.29. The number of nitrogen functional groups attached to an aromatic ring is 1. The number of amides is 1. The van der Waals surface area contributed by atoms with E-state index in [1.54, 1.807) is 39.8 Å². The summed E-state index contributed by atoms with van der Waals surface area (Å²) in [5.41, 5.74) is 6.84. The summed E-state index contributed by atoms with van der Waals surface area (Å²) in [6.45, 7) is 8.61. The van der Waals surface area contributed by atoms with Gasteiger partial charge in [0, 0.05) is 24.7 Å². The molecule has 1 unspecified atom stereocenters. The van der Waals surface area contributed by atoms with E-state index in [0.29, 0.717) is 47.7 Å². The number of aromatic nitrogens is 4. The Kier molecular flexibility index (Phi) is 8.32. The number of likely N-dealkylation sites (tertiary alicyclic amines) is 1. The summed E-state index contributed by atoms with van der Waals surface area (Å²) in [4.78, 5) is 37.8. The minimum Gasteiger partial charge on any atom is -0.457 e. The number of carbonyl (C=O) groups excluding carboxylic acids is 1. The number of fused-ring (bicyclic) bond motifs is 1. The second-order valence-corrected chi connectivity index (χ2v) is 11.6. The number of hydrogen-bond acceptors (Lipinski definition) is 8. The van der Waals surface area contributed by atoms with Gasteiger partial charge in [0.05, 0.1) is 11.7 Å². The lowest BCUT2D eigenvalue weighted by molar-refractivity contribution is -0.128. The zero-order valence-electron chi connectivity index (χ0n) is 24.8. The zero-order chi connectivity index (χ0) is 30.7. The van der Waals surface area contributed by atoms with Crippen molar-refractivity contribution in [2.24, 2.45) is 0 Å². The van der Waals surface area contributed by atoms with E-state index in [4.69, 9.17) is 10.5 Å². The Morgan fingerprint density at radius 2 is 1.84 bits per heavy atom. The molecule has 222 valence electrons. The molecule has 3 N–H and O–H groups in total. The zero-order valence-corrected chi connectivity index (χ0v) is 24.8. The van der Waals surface area contributed by atoms with Crippen molar-refractivity contribution in [2.75, 3.05) is 18.8 Å². The summed E-state index contributed by atoms with van der Waals surface area (Å²) in [7, 11) is 0. The Labute approximate surface area is 250 Å². The van der Waals surface area contributed by atoms with Crippen LogP contribution in [0.3, 0.4) is 0 Å². The molecule has 5 rings (SSSR count). The van der Waals surface area contributed by atoms with Gasteiger partial charge in [-0.2, -0.15) is 5.26 Å². The molecule has 0 spiro atoms. The maximum absolute atomic E-state index is 14.1. The third-order valence-electron chi connectivity index (χ3n) is 7.32.